The van der Waals surface area contributed by atoms with E-state index >= 15 is 0 Å². The summed E-state index contributed by atoms with van der Waals surface area (Å²) >= 11 is 0. The molecular formula is C15H17NO6. The summed E-state index contributed by atoms with van der Waals surface area (Å²) in [4.78, 5) is 34.4. The first-order valence-electron chi connectivity index (χ1n) is 6.31. The molecule has 0 unspecified atom stereocenters. The second-order valence-electron chi connectivity index (χ2n) is 4.11. The number of esters is 3. The number of rotatable bonds is 6. The van der Waals surface area contributed by atoms with E-state index in [-0.39, 0.29) is 12.1 Å². The van der Waals surface area contributed by atoms with Crippen molar-refractivity contribution in [3.63, 3.8) is 0 Å². The maximum Gasteiger partial charge on any atom is 0.354 e. The summed E-state index contributed by atoms with van der Waals surface area (Å²) in [6.07, 6.45) is 0.993. The number of para-hydroxylation sites is 1. The fraction of sp³-hybridized carbons (Fsp3) is 0.267. The molecule has 0 atom stereocenters. The van der Waals surface area contributed by atoms with Gasteiger partial charge < -0.3 is 19.5 Å². The van der Waals surface area contributed by atoms with E-state index in [4.69, 9.17) is 0 Å². The molecule has 0 radical (unpaired) electrons. The minimum atomic E-state index is -0.738. The van der Waals surface area contributed by atoms with Crippen molar-refractivity contribution in [1.29, 1.82) is 0 Å². The lowest BCUT2D eigenvalue weighted by molar-refractivity contribution is -0.139. The van der Waals surface area contributed by atoms with E-state index in [1.807, 2.05) is 0 Å². The zero-order valence-corrected chi connectivity index (χ0v) is 12.5. The predicted octanol–water partition coefficient (Wildman–Crippen LogP) is 1.04. The van der Waals surface area contributed by atoms with Crippen LogP contribution in [0.15, 0.2) is 36.0 Å². The zero-order chi connectivity index (χ0) is 16.5. The second-order valence-corrected chi connectivity index (χ2v) is 4.11. The van der Waals surface area contributed by atoms with Crippen LogP contribution in [0, 0.1) is 0 Å². The molecule has 7 nitrogen and oxygen atoms in total. The van der Waals surface area contributed by atoms with Crippen molar-refractivity contribution in [3.05, 3.63) is 41.6 Å². The monoisotopic (exact) mass is 307 g/mol. The smallest absolute Gasteiger partial charge is 0.354 e. The summed E-state index contributed by atoms with van der Waals surface area (Å²) in [5, 5.41) is 2.77. The van der Waals surface area contributed by atoms with E-state index in [9.17, 15) is 14.4 Å². The van der Waals surface area contributed by atoms with Gasteiger partial charge in [0, 0.05) is 5.69 Å². The summed E-state index contributed by atoms with van der Waals surface area (Å²) in [6.45, 7) is 0. The first-order valence-corrected chi connectivity index (χ1v) is 6.31. The first kappa shape index (κ1) is 17.2. The van der Waals surface area contributed by atoms with Crippen molar-refractivity contribution >= 4 is 23.6 Å². The van der Waals surface area contributed by atoms with Crippen LogP contribution in [0.5, 0.6) is 0 Å². The zero-order valence-electron chi connectivity index (χ0n) is 12.5. The van der Waals surface area contributed by atoms with Crippen molar-refractivity contribution < 1.29 is 28.6 Å². The number of anilines is 1. The first-order chi connectivity index (χ1) is 10.5. The van der Waals surface area contributed by atoms with Gasteiger partial charge in [-0.1, -0.05) is 18.2 Å². The number of methoxy groups -OCH3 is 3. The third kappa shape index (κ3) is 4.93. The van der Waals surface area contributed by atoms with Crippen molar-refractivity contribution in [2.75, 3.05) is 26.6 Å². The van der Waals surface area contributed by atoms with Crippen molar-refractivity contribution in [3.8, 4) is 0 Å². The summed E-state index contributed by atoms with van der Waals surface area (Å²) in [7, 11) is 3.67. The van der Waals surface area contributed by atoms with E-state index < -0.39 is 17.9 Å². The van der Waals surface area contributed by atoms with Crippen LogP contribution in [0.1, 0.15) is 5.56 Å². The Kier molecular flexibility index (Phi) is 6.62. The van der Waals surface area contributed by atoms with E-state index in [2.05, 4.69) is 19.5 Å². The summed E-state index contributed by atoms with van der Waals surface area (Å²) < 4.78 is 13.7. The molecule has 118 valence electrons. The van der Waals surface area contributed by atoms with Gasteiger partial charge >= 0.3 is 17.9 Å². The molecule has 0 saturated carbocycles. The van der Waals surface area contributed by atoms with Gasteiger partial charge in [-0.2, -0.15) is 0 Å². The molecule has 1 N–H and O–H groups in total. The second kappa shape index (κ2) is 8.46. The Morgan fingerprint density at radius 3 is 2.32 bits per heavy atom. The number of benzene rings is 1. The Morgan fingerprint density at radius 1 is 1.05 bits per heavy atom. The lowest BCUT2D eigenvalue weighted by Gasteiger charge is -2.12. The van der Waals surface area contributed by atoms with Crippen LogP contribution >= 0.6 is 0 Å². The molecule has 22 heavy (non-hydrogen) atoms. The highest BCUT2D eigenvalue weighted by atomic mass is 16.5. The predicted molar refractivity (Wildman–Crippen MR) is 77.9 cm³/mol. The molecule has 0 fully saturated rings. The SMILES string of the molecule is COC(=O)C=C(Nc1ccccc1CC(=O)OC)C(=O)OC. The minimum absolute atomic E-state index is 0.0202. The molecule has 0 saturated heterocycles. The molecule has 0 bridgehead atoms. The average Bonchev–Trinajstić information content (AvgIpc) is 2.54. The molecule has 1 aromatic carbocycles. The number of nitrogens with one attached hydrogen (secondary N) is 1. The molecule has 0 aliphatic heterocycles. The Morgan fingerprint density at radius 2 is 1.73 bits per heavy atom. The van der Waals surface area contributed by atoms with Crippen molar-refractivity contribution in [2.45, 2.75) is 6.42 Å². The molecule has 0 aromatic heterocycles. The van der Waals surface area contributed by atoms with Crippen molar-refractivity contribution in [2.24, 2.45) is 0 Å². The Hall–Kier alpha value is -2.83. The highest BCUT2D eigenvalue weighted by Crippen LogP contribution is 2.18. The average molecular weight is 307 g/mol. The highest BCUT2D eigenvalue weighted by Gasteiger charge is 2.15. The van der Waals surface area contributed by atoms with Crippen LogP contribution in [-0.2, 0) is 35.0 Å². The lowest BCUT2D eigenvalue weighted by Crippen LogP contribution is -2.17. The van der Waals surface area contributed by atoms with E-state index in [1.54, 1.807) is 24.3 Å². The highest BCUT2D eigenvalue weighted by molar-refractivity contribution is 5.99. The molecule has 7 heteroatoms. The van der Waals surface area contributed by atoms with Gasteiger partial charge in [0.25, 0.3) is 0 Å². The summed E-state index contributed by atoms with van der Waals surface area (Å²) in [6, 6.07) is 6.82. The van der Waals surface area contributed by atoms with Crippen LogP contribution in [0.4, 0.5) is 5.69 Å². The van der Waals surface area contributed by atoms with E-state index in [1.165, 1.54) is 21.3 Å². The quantitative estimate of drug-likeness (QED) is 0.477. The summed E-state index contributed by atoms with van der Waals surface area (Å²) in [5.74, 6) is -1.87. The lowest BCUT2D eigenvalue weighted by atomic mass is 10.1. The fourth-order valence-electron chi connectivity index (χ4n) is 1.60. The fourth-order valence-corrected chi connectivity index (χ4v) is 1.60. The van der Waals surface area contributed by atoms with Gasteiger partial charge in [0.15, 0.2) is 0 Å². The molecule has 1 rings (SSSR count). The van der Waals surface area contributed by atoms with Gasteiger partial charge in [0.2, 0.25) is 0 Å². The van der Waals surface area contributed by atoms with Gasteiger partial charge in [-0.25, -0.2) is 9.59 Å². The van der Waals surface area contributed by atoms with Crippen LogP contribution in [0.25, 0.3) is 0 Å². The topological polar surface area (TPSA) is 90.9 Å². The maximum absolute atomic E-state index is 11.7. The molecule has 0 heterocycles. The number of hydrogen-bond donors (Lipinski definition) is 1. The Bertz CT molecular complexity index is 593. The molecule has 0 aliphatic rings. The van der Waals surface area contributed by atoms with Crippen LogP contribution in [-0.4, -0.2) is 39.2 Å². The standard InChI is InChI=1S/C15H17NO6/c1-20-13(17)8-10-6-4-5-7-11(10)16-12(15(19)22-3)9-14(18)21-2/h4-7,9,16H,8H2,1-3H3. The largest absolute Gasteiger partial charge is 0.469 e. The maximum atomic E-state index is 11.7. The van der Waals surface area contributed by atoms with Gasteiger partial charge in [-0.15, -0.1) is 0 Å². The molecule has 1 aromatic rings. The number of ether oxygens (including phenoxy) is 3. The van der Waals surface area contributed by atoms with Crippen LogP contribution in [0.3, 0.4) is 0 Å². The van der Waals surface area contributed by atoms with Crippen LogP contribution in [0.2, 0.25) is 0 Å². The third-order valence-electron chi connectivity index (χ3n) is 2.72. The van der Waals surface area contributed by atoms with Crippen LogP contribution < -0.4 is 5.32 Å². The third-order valence-corrected chi connectivity index (χ3v) is 2.72. The number of carbonyl (C=O) groups is 3. The van der Waals surface area contributed by atoms with E-state index in [0.717, 1.165) is 6.08 Å². The summed E-state index contributed by atoms with van der Waals surface area (Å²) in [5.41, 5.74) is 0.981. The van der Waals surface area contributed by atoms with Crippen molar-refractivity contribution in [1.82, 2.24) is 0 Å². The number of hydrogen-bond acceptors (Lipinski definition) is 7. The molecule has 0 aliphatic carbocycles. The minimum Gasteiger partial charge on any atom is -0.469 e. The molecule has 0 spiro atoms. The van der Waals surface area contributed by atoms with Gasteiger partial charge in [-0.05, 0) is 11.6 Å². The number of carbonyl (C=O) groups excluding carboxylic acids is 3. The van der Waals surface area contributed by atoms with Gasteiger partial charge in [-0.3, -0.25) is 4.79 Å². The Labute approximate surface area is 127 Å². The normalized spacial score (nSPS) is 10.6. The Balaban J connectivity index is 3.08. The van der Waals surface area contributed by atoms with Gasteiger partial charge in [0.1, 0.15) is 5.70 Å². The molecular weight excluding hydrogens is 290 g/mol. The van der Waals surface area contributed by atoms with Gasteiger partial charge in [0.05, 0.1) is 33.8 Å². The van der Waals surface area contributed by atoms with E-state index in [0.29, 0.717) is 11.3 Å². The molecule has 0 amide bonds.